The Balaban J connectivity index is 2.69. The van der Waals surface area contributed by atoms with E-state index in [0.717, 1.165) is 5.56 Å². The highest BCUT2D eigenvalue weighted by Crippen LogP contribution is 2.28. The summed E-state index contributed by atoms with van der Waals surface area (Å²) < 4.78 is 10.9. The summed E-state index contributed by atoms with van der Waals surface area (Å²) in [7, 11) is 0. The number of rotatable bonds is 8. The van der Waals surface area contributed by atoms with Crippen LogP contribution in [0, 0.1) is 12.3 Å². The van der Waals surface area contributed by atoms with Crippen LogP contribution in [0.3, 0.4) is 0 Å². The lowest BCUT2D eigenvalue weighted by Gasteiger charge is -2.13. The van der Waals surface area contributed by atoms with Crippen LogP contribution in [0.5, 0.6) is 11.5 Å². The van der Waals surface area contributed by atoms with E-state index in [4.69, 9.17) is 15.9 Å². The zero-order chi connectivity index (χ0) is 14.1. The largest absolute Gasteiger partial charge is 0.490 e. The van der Waals surface area contributed by atoms with Gasteiger partial charge in [-0.3, -0.25) is 0 Å². The number of hydrogen-bond acceptors (Lipinski definition) is 4. The van der Waals surface area contributed by atoms with E-state index >= 15 is 0 Å². The van der Waals surface area contributed by atoms with Gasteiger partial charge in [0.1, 0.15) is 6.61 Å². The van der Waals surface area contributed by atoms with Gasteiger partial charge in [0, 0.05) is 13.1 Å². The van der Waals surface area contributed by atoms with E-state index in [1.54, 1.807) is 6.92 Å². The molecule has 19 heavy (non-hydrogen) atoms. The van der Waals surface area contributed by atoms with E-state index in [9.17, 15) is 5.11 Å². The molecule has 0 saturated heterocycles. The highest BCUT2D eigenvalue weighted by molar-refractivity contribution is 5.43. The molecule has 1 unspecified atom stereocenters. The molecule has 1 atom stereocenters. The molecule has 0 saturated carbocycles. The number of terminal acetylenes is 1. The fourth-order valence-corrected chi connectivity index (χ4v) is 1.59. The molecule has 0 aliphatic carbocycles. The number of ether oxygens (including phenoxy) is 2. The van der Waals surface area contributed by atoms with Gasteiger partial charge in [-0.1, -0.05) is 12.0 Å². The number of aliphatic hydroxyl groups is 1. The normalized spacial score (nSPS) is 11.7. The van der Waals surface area contributed by atoms with Gasteiger partial charge < -0.3 is 19.9 Å². The Kier molecular flexibility index (Phi) is 6.80. The van der Waals surface area contributed by atoms with Crippen molar-refractivity contribution in [2.45, 2.75) is 26.5 Å². The lowest BCUT2D eigenvalue weighted by molar-refractivity contribution is 0.191. The molecule has 1 aromatic rings. The van der Waals surface area contributed by atoms with Crippen molar-refractivity contribution in [3.8, 4) is 23.8 Å². The highest BCUT2D eigenvalue weighted by Gasteiger charge is 2.06. The summed E-state index contributed by atoms with van der Waals surface area (Å²) in [6.07, 6.45) is 4.82. The molecule has 1 aromatic carbocycles. The van der Waals surface area contributed by atoms with Crippen LogP contribution < -0.4 is 14.8 Å². The second-order valence-electron chi connectivity index (χ2n) is 4.19. The molecule has 0 fully saturated rings. The van der Waals surface area contributed by atoms with Crippen LogP contribution in [0.1, 0.15) is 19.4 Å². The average Bonchev–Trinajstić information content (AvgIpc) is 2.38. The first-order valence-corrected chi connectivity index (χ1v) is 6.38. The molecule has 0 heterocycles. The molecule has 4 nitrogen and oxygen atoms in total. The molecule has 0 spiro atoms. The minimum Gasteiger partial charge on any atom is -0.490 e. The molecule has 4 heteroatoms. The van der Waals surface area contributed by atoms with Gasteiger partial charge in [-0.2, -0.15) is 0 Å². The van der Waals surface area contributed by atoms with Gasteiger partial charge >= 0.3 is 0 Å². The van der Waals surface area contributed by atoms with Crippen molar-refractivity contribution in [3.05, 3.63) is 23.8 Å². The maximum absolute atomic E-state index is 9.18. The Hall–Kier alpha value is -1.70. The zero-order valence-corrected chi connectivity index (χ0v) is 11.5. The second kappa shape index (κ2) is 8.41. The summed E-state index contributed by atoms with van der Waals surface area (Å²) in [6, 6.07) is 5.72. The molecule has 0 aliphatic heterocycles. The summed E-state index contributed by atoms with van der Waals surface area (Å²) >= 11 is 0. The van der Waals surface area contributed by atoms with Gasteiger partial charge in [0.15, 0.2) is 11.5 Å². The van der Waals surface area contributed by atoms with E-state index in [1.807, 2.05) is 25.1 Å². The summed E-state index contributed by atoms with van der Waals surface area (Å²) in [4.78, 5) is 0. The summed E-state index contributed by atoms with van der Waals surface area (Å²) in [5.74, 6) is 3.77. The Morgan fingerprint density at radius 3 is 2.79 bits per heavy atom. The topological polar surface area (TPSA) is 50.7 Å². The lowest BCUT2D eigenvalue weighted by Crippen LogP contribution is -2.23. The number of hydrogen-bond donors (Lipinski definition) is 2. The molecular formula is C15H21NO3. The van der Waals surface area contributed by atoms with Gasteiger partial charge in [0.2, 0.25) is 0 Å². The minimum atomic E-state index is -0.357. The smallest absolute Gasteiger partial charge is 0.162 e. The predicted octanol–water partition coefficient (Wildman–Crippen LogP) is 1.57. The Morgan fingerprint density at radius 2 is 2.16 bits per heavy atom. The van der Waals surface area contributed by atoms with Crippen LogP contribution in [0.2, 0.25) is 0 Å². The van der Waals surface area contributed by atoms with Crippen molar-refractivity contribution in [3.63, 3.8) is 0 Å². The molecule has 1 rings (SSSR count). The molecule has 104 valence electrons. The molecule has 0 radical (unpaired) electrons. The van der Waals surface area contributed by atoms with Crippen LogP contribution in [0.4, 0.5) is 0 Å². The highest BCUT2D eigenvalue weighted by atomic mass is 16.5. The third-order valence-corrected chi connectivity index (χ3v) is 2.39. The van der Waals surface area contributed by atoms with Gasteiger partial charge in [0.25, 0.3) is 0 Å². The monoisotopic (exact) mass is 263 g/mol. The van der Waals surface area contributed by atoms with Crippen molar-refractivity contribution >= 4 is 0 Å². The standard InChI is InChI=1S/C15H21NO3/c1-4-8-19-14-7-6-13(9-15(14)18-5-2)11-16-10-12(3)17/h1,6-7,9,12,16-17H,5,8,10-11H2,2-3H3. The van der Waals surface area contributed by atoms with Crippen LogP contribution >= 0.6 is 0 Å². The van der Waals surface area contributed by atoms with Gasteiger partial charge in [-0.05, 0) is 31.5 Å². The fraction of sp³-hybridized carbons (Fsp3) is 0.467. The third kappa shape index (κ3) is 5.64. The van der Waals surface area contributed by atoms with Gasteiger partial charge in [-0.15, -0.1) is 6.42 Å². The van der Waals surface area contributed by atoms with E-state index in [2.05, 4.69) is 11.2 Å². The van der Waals surface area contributed by atoms with E-state index in [-0.39, 0.29) is 12.7 Å². The van der Waals surface area contributed by atoms with Crippen molar-refractivity contribution in [2.24, 2.45) is 0 Å². The Morgan fingerprint density at radius 1 is 1.37 bits per heavy atom. The van der Waals surface area contributed by atoms with Gasteiger partial charge in [0.05, 0.1) is 12.7 Å². The lowest BCUT2D eigenvalue weighted by atomic mass is 10.2. The van der Waals surface area contributed by atoms with Crippen molar-refractivity contribution in [1.29, 1.82) is 0 Å². The summed E-state index contributed by atoms with van der Waals surface area (Å²) in [6.45, 7) is 5.68. The first-order valence-electron chi connectivity index (χ1n) is 6.38. The fourth-order valence-electron chi connectivity index (χ4n) is 1.59. The first kappa shape index (κ1) is 15.4. The Labute approximate surface area is 114 Å². The predicted molar refractivity (Wildman–Crippen MR) is 75.3 cm³/mol. The van der Waals surface area contributed by atoms with Crippen LogP contribution in [0.15, 0.2) is 18.2 Å². The molecule has 0 aromatic heterocycles. The average molecular weight is 263 g/mol. The van der Waals surface area contributed by atoms with E-state index in [1.165, 1.54) is 0 Å². The molecule has 0 aliphatic rings. The molecule has 2 N–H and O–H groups in total. The first-order chi connectivity index (χ1) is 9.17. The van der Waals surface area contributed by atoms with Gasteiger partial charge in [-0.25, -0.2) is 0 Å². The van der Waals surface area contributed by atoms with Crippen molar-refractivity contribution in [2.75, 3.05) is 19.8 Å². The van der Waals surface area contributed by atoms with Crippen molar-refractivity contribution < 1.29 is 14.6 Å². The second-order valence-corrected chi connectivity index (χ2v) is 4.19. The zero-order valence-electron chi connectivity index (χ0n) is 11.5. The van der Waals surface area contributed by atoms with Crippen molar-refractivity contribution in [1.82, 2.24) is 5.32 Å². The number of nitrogens with one attached hydrogen (secondary N) is 1. The number of benzene rings is 1. The summed E-state index contributed by atoms with van der Waals surface area (Å²) in [5.41, 5.74) is 1.07. The third-order valence-electron chi connectivity index (χ3n) is 2.39. The molecular weight excluding hydrogens is 242 g/mol. The molecule has 0 bridgehead atoms. The van der Waals surface area contributed by atoms with Crippen LogP contribution in [-0.2, 0) is 6.54 Å². The SMILES string of the molecule is C#CCOc1ccc(CNCC(C)O)cc1OCC. The minimum absolute atomic E-state index is 0.222. The van der Waals surface area contributed by atoms with Crippen LogP contribution in [0.25, 0.3) is 0 Å². The number of aliphatic hydroxyl groups excluding tert-OH is 1. The maximum Gasteiger partial charge on any atom is 0.162 e. The summed E-state index contributed by atoms with van der Waals surface area (Å²) in [5, 5.41) is 12.3. The van der Waals surface area contributed by atoms with E-state index in [0.29, 0.717) is 31.2 Å². The van der Waals surface area contributed by atoms with Crippen LogP contribution in [-0.4, -0.2) is 31.0 Å². The Bertz CT molecular complexity index is 424. The molecule has 0 amide bonds. The quantitative estimate of drug-likeness (QED) is 0.699. The maximum atomic E-state index is 9.18. The van der Waals surface area contributed by atoms with E-state index < -0.39 is 0 Å².